The number of halogens is 1. The van der Waals surface area contributed by atoms with Crippen LogP contribution >= 0.6 is 0 Å². The fourth-order valence-electron chi connectivity index (χ4n) is 2.82. The Bertz CT molecular complexity index is 983. The monoisotopic (exact) mass is 370 g/mol. The molecule has 1 aromatic carbocycles. The van der Waals surface area contributed by atoms with Crippen LogP contribution in [0, 0.1) is 12.7 Å². The summed E-state index contributed by atoms with van der Waals surface area (Å²) >= 11 is 0. The van der Waals surface area contributed by atoms with Crippen molar-refractivity contribution < 1.29 is 18.7 Å². The summed E-state index contributed by atoms with van der Waals surface area (Å²) in [7, 11) is 1.48. The van der Waals surface area contributed by atoms with Gasteiger partial charge in [0.1, 0.15) is 5.82 Å². The van der Waals surface area contributed by atoms with Crippen LogP contribution in [0.5, 0.6) is 5.88 Å². The maximum absolute atomic E-state index is 13.5. The molecule has 0 aliphatic carbocycles. The van der Waals surface area contributed by atoms with E-state index in [1.807, 2.05) is 6.92 Å². The molecule has 0 unspecified atom stereocenters. The Morgan fingerprint density at radius 3 is 2.74 bits per heavy atom. The summed E-state index contributed by atoms with van der Waals surface area (Å²) < 4.78 is 18.4. The third-order valence-corrected chi connectivity index (χ3v) is 4.15. The molecule has 2 amide bonds. The van der Waals surface area contributed by atoms with Gasteiger partial charge in [0, 0.05) is 29.2 Å². The predicted molar refractivity (Wildman–Crippen MR) is 99.1 cm³/mol. The van der Waals surface area contributed by atoms with Gasteiger partial charge >= 0.3 is 11.8 Å². The second kappa shape index (κ2) is 7.86. The van der Waals surface area contributed by atoms with Gasteiger partial charge < -0.3 is 20.4 Å². The lowest BCUT2D eigenvalue weighted by Crippen LogP contribution is -2.36. The first kappa shape index (κ1) is 18.4. The third kappa shape index (κ3) is 4.22. The lowest BCUT2D eigenvalue weighted by atomic mass is 10.1. The fourth-order valence-corrected chi connectivity index (χ4v) is 2.82. The highest BCUT2D eigenvalue weighted by Crippen LogP contribution is 2.23. The van der Waals surface area contributed by atoms with Crippen molar-refractivity contribution in [2.24, 2.45) is 0 Å². The van der Waals surface area contributed by atoms with Crippen LogP contribution in [0.4, 0.5) is 10.1 Å². The second-order valence-electron chi connectivity index (χ2n) is 5.97. The number of nitrogens with zero attached hydrogens (tertiary/aromatic N) is 1. The molecule has 0 aliphatic heterocycles. The molecule has 0 atom stereocenters. The number of carbonyl (C=O) groups excluding carboxylic acids is 2. The number of methoxy groups -OCH3 is 1. The number of H-pyrrole nitrogens is 1. The average Bonchev–Trinajstić information content (AvgIpc) is 2.97. The molecule has 0 aliphatic rings. The minimum atomic E-state index is -0.788. The smallest absolute Gasteiger partial charge is 0.313 e. The van der Waals surface area contributed by atoms with Crippen LogP contribution in [-0.2, 0) is 16.0 Å². The molecule has 0 saturated carbocycles. The molecule has 0 saturated heterocycles. The molecule has 3 N–H and O–H groups in total. The van der Waals surface area contributed by atoms with Gasteiger partial charge in [-0.3, -0.25) is 9.59 Å². The highest BCUT2D eigenvalue weighted by atomic mass is 19.1. The topological polar surface area (TPSA) is 96.1 Å². The predicted octanol–water partition coefficient (Wildman–Crippen LogP) is 2.32. The summed E-state index contributed by atoms with van der Waals surface area (Å²) in [5.41, 5.74) is 3.03. The van der Waals surface area contributed by atoms with Gasteiger partial charge in [-0.15, -0.1) is 0 Å². The Labute approximate surface area is 154 Å². The van der Waals surface area contributed by atoms with Crippen molar-refractivity contribution in [3.63, 3.8) is 0 Å². The zero-order valence-electron chi connectivity index (χ0n) is 14.9. The summed E-state index contributed by atoms with van der Waals surface area (Å²) in [6.07, 6.45) is 1.87. The fraction of sp³-hybridized carbons (Fsp3) is 0.211. The van der Waals surface area contributed by atoms with Crippen LogP contribution in [0.25, 0.3) is 10.9 Å². The molecule has 27 heavy (non-hydrogen) atoms. The first-order valence-corrected chi connectivity index (χ1v) is 8.34. The SMILES string of the molecule is COc1ccc(NC(=O)C(=O)NCCc2c(C)[nH]c3ccc(F)cc23)cn1. The van der Waals surface area contributed by atoms with Gasteiger partial charge in [0.15, 0.2) is 0 Å². The Morgan fingerprint density at radius 2 is 2.04 bits per heavy atom. The Hall–Kier alpha value is -3.42. The number of aromatic amines is 1. The number of aryl methyl sites for hydroxylation is 1. The molecule has 2 aromatic heterocycles. The molecule has 0 bridgehead atoms. The van der Waals surface area contributed by atoms with Gasteiger partial charge in [0.05, 0.1) is 19.0 Å². The van der Waals surface area contributed by atoms with Gasteiger partial charge in [0.2, 0.25) is 5.88 Å². The standard InChI is InChI=1S/C19H19FN4O3/c1-11-14(15-9-12(20)3-5-16(15)23-11)7-8-21-18(25)19(26)24-13-4-6-17(27-2)22-10-13/h3-6,9-10,23H,7-8H2,1-2H3,(H,21,25)(H,24,26). The van der Waals surface area contributed by atoms with Gasteiger partial charge in [-0.1, -0.05) is 0 Å². The van der Waals surface area contributed by atoms with E-state index in [0.29, 0.717) is 18.0 Å². The Morgan fingerprint density at radius 1 is 1.22 bits per heavy atom. The Balaban J connectivity index is 1.57. The summed E-state index contributed by atoms with van der Waals surface area (Å²) in [6.45, 7) is 2.13. The summed E-state index contributed by atoms with van der Waals surface area (Å²) in [6, 6.07) is 7.69. The molecule has 0 radical (unpaired) electrons. The third-order valence-electron chi connectivity index (χ3n) is 4.15. The number of ether oxygens (including phenoxy) is 1. The molecule has 0 spiro atoms. The van der Waals surface area contributed by atoms with Crippen LogP contribution in [0.2, 0.25) is 0 Å². The van der Waals surface area contributed by atoms with E-state index in [1.54, 1.807) is 18.2 Å². The number of pyridine rings is 1. The number of aromatic nitrogens is 2. The minimum absolute atomic E-state index is 0.247. The maximum atomic E-state index is 13.5. The first-order valence-electron chi connectivity index (χ1n) is 8.34. The van der Waals surface area contributed by atoms with Gasteiger partial charge in [0.25, 0.3) is 0 Å². The van der Waals surface area contributed by atoms with Crippen molar-refractivity contribution in [3.05, 3.63) is 53.6 Å². The summed E-state index contributed by atoms with van der Waals surface area (Å²) in [5.74, 6) is -1.46. The Kier molecular flexibility index (Phi) is 5.35. The van der Waals surface area contributed by atoms with E-state index in [4.69, 9.17) is 4.74 Å². The molecule has 3 rings (SSSR count). The lowest BCUT2D eigenvalue weighted by molar-refractivity contribution is -0.136. The summed E-state index contributed by atoms with van der Waals surface area (Å²) in [4.78, 5) is 31.0. The van der Waals surface area contributed by atoms with Crippen molar-refractivity contribution in [2.45, 2.75) is 13.3 Å². The van der Waals surface area contributed by atoms with Crippen molar-refractivity contribution in [1.82, 2.24) is 15.3 Å². The number of carbonyl (C=O) groups is 2. The van der Waals surface area contributed by atoms with E-state index in [1.165, 1.54) is 25.4 Å². The van der Waals surface area contributed by atoms with Gasteiger partial charge in [-0.05, 0) is 43.2 Å². The highest BCUT2D eigenvalue weighted by Gasteiger charge is 2.15. The van der Waals surface area contributed by atoms with E-state index in [-0.39, 0.29) is 12.4 Å². The van der Waals surface area contributed by atoms with Crippen LogP contribution in [0.1, 0.15) is 11.3 Å². The first-order chi connectivity index (χ1) is 13.0. The zero-order chi connectivity index (χ0) is 19.4. The average molecular weight is 370 g/mol. The number of hydrogen-bond acceptors (Lipinski definition) is 4. The van der Waals surface area contributed by atoms with E-state index in [9.17, 15) is 14.0 Å². The zero-order valence-corrected chi connectivity index (χ0v) is 14.9. The molecular formula is C19H19FN4O3. The number of rotatable bonds is 5. The lowest BCUT2D eigenvalue weighted by Gasteiger charge is -2.07. The largest absolute Gasteiger partial charge is 0.481 e. The molecule has 140 valence electrons. The number of hydrogen-bond donors (Lipinski definition) is 3. The number of amides is 2. The summed E-state index contributed by atoms with van der Waals surface area (Å²) in [5, 5.41) is 5.80. The number of nitrogens with one attached hydrogen (secondary N) is 3. The second-order valence-corrected chi connectivity index (χ2v) is 5.97. The molecular weight excluding hydrogens is 351 g/mol. The van der Waals surface area contributed by atoms with Crippen molar-refractivity contribution in [2.75, 3.05) is 19.0 Å². The van der Waals surface area contributed by atoms with Crippen LogP contribution < -0.4 is 15.4 Å². The van der Waals surface area contributed by atoms with Gasteiger partial charge in [-0.25, -0.2) is 9.37 Å². The highest BCUT2D eigenvalue weighted by molar-refractivity contribution is 6.39. The quantitative estimate of drug-likeness (QED) is 0.601. The van der Waals surface area contributed by atoms with Crippen molar-refractivity contribution in [1.29, 1.82) is 0 Å². The van der Waals surface area contributed by atoms with Crippen LogP contribution in [0.15, 0.2) is 36.5 Å². The molecule has 7 nitrogen and oxygen atoms in total. The van der Waals surface area contributed by atoms with E-state index in [2.05, 4.69) is 20.6 Å². The van der Waals surface area contributed by atoms with Gasteiger partial charge in [-0.2, -0.15) is 0 Å². The minimum Gasteiger partial charge on any atom is -0.481 e. The van der Waals surface area contributed by atoms with Crippen LogP contribution in [-0.4, -0.2) is 35.4 Å². The van der Waals surface area contributed by atoms with E-state index >= 15 is 0 Å². The van der Waals surface area contributed by atoms with Crippen LogP contribution in [0.3, 0.4) is 0 Å². The number of benzene rings is 1. The number of anilines is 1. The maximum Gasteiger partial charge on any atom is 0.313 e. The van der Waals surface area contributed by atoms with E-state index in [0.717, 1.165) is 22.2 Å². The van der Waals surface area contributed by atoms with E-state index < -0.39 is 11.8 Å². The molecule has 2 heterocycles. The van der Waals surface area contributed by atoms with Crippen molar-refractivity contribution >= 4 is 28.4 Å². The normalized spacial score (nSPS) is 10.6. The molecule has 3 aromatic rings. The number of fused-ring (bicyclic) bond motifs is 1. The van der Waals surface area contributed by atoms with Crippen molar-refractivity contribution in [3.8, 4) is 5.88 Å². The molecule has 0 fully saturated rings. The molecule has 8 heteroatoms.